The number of hydrogen-bond donors (Lipinski definition) is 0. The second kappa shape index (κ2) is 10.4. The van der Waals surface area contributed by atoms with Gasteiger partial charge in [-0.1, -0.05) is 133 Å². The average molecular weight is 637 g/mol. The van der Waals surface area contributed by atoms with Gasteiger partial charge in [-0.15, -0.1) is 0 Å². The minimum absolute atomic E-state index is 0.866. The maximum absolute atomic E-state index is 6.43. The van der Waals surface area contributed by atoms with E-state index in [4.69, 9.17) is 8.83 Å². The van der Waals surface area contributed by atoms with Gasteiger partial charge in [0.15, 0.2) is 0 Å². The molecule has 50 heavy (non-hydrogen) atoms. The zero-order valence-electron chi connectivity index (χ0n) is 27.0. The number of hydrogen-bond acceptors (Lipinski definition) is 2. The summed E-state index contributed by atoms with van der Waals surface area (Å²) in [5, 5.41) is 11.7. The predicted molar refractivity (Wildman–Crippen MR) is 210 cm³/mol. The van der Waals surface area contributed by atoms with Gasteiger partial charge in [-0.3, -0.25) is 0 Å². The Hall–Kier alpha value is -6.64. The maximum atomic E-state index is 6.43. The average Bonchev–Trinajstić information content (AvgIpc) is 3.74. The van der Waals surface area contributed by atoms with E-state index in [0.29, 0.717) is 0 Å². The van der Waals surface area contributed by atoms with Crippen LogP contribution in [0.5, 0.6) is 0 Å². The summed E-state index contributed by atoms with van der Waals surface area (Å²) in [5.74, 6) is 0. The van der Waals surface area contributed by atoms with Crippen LogP contribution in [0.25, 0.3) is 110 Å². The van der Waals surface area contributed by atoms with E-state index < -0.39 is 0 Å². The second-order valence-corrected chi connectivity index (χ2v) is 13.2. The van der Waals surface area contributed by atoms with E-state index in [9.17, 15) is 0 Å². The highest BCUT2D eigenvalue weighted by molar-refractivity contribution is 6.22. The van der Waals surface area contributed by atoms with Crippen molar-refractivity contribution < 1.29 is 8.83 Å². The van der Waals surface area contributed by atoms with Gasteiger partial charge in [-0.2, -0.15) is 0 Å². The standard InChI is InChI=1S/C48H28O2/c1-2-10-30(11-3-1)46-35-13-4-6-15-37(35)47(38-16-7-5-14-36(38)46)31-20-18-29(19-21-31)32-23-25-44-41(26-32)42-27-33-22-24-39-34-12-8-9-17-43(34)50-48(39)40(33)28-45(42)49-44/h1-28H. The molecule has 0 bridgehead atoms. The van der Waals surface area contributed by atoms with Crippen LogP contribution in [0, 0.1) is 0 Å². The summed E-state index contributed by atoms with van der Waals surface area (Å²) in [7, 11) is 0. The molecule has 0 N–H and O–H groups in total. The van der Waals surface area contributed by atoms with Crippen molar-refractivity contribution >= 4 is 76.2 Å². The smallest absolute Gasteiger partial charge is 0.143 e. The molecular weight excluding hydrogens is 609 g/mol. The number of furan rings is 2. The van der Waals surface area contributed by atoms with Crippen molar-refractivity contribution in [3.8, 4) is 33.4 Å². The summed E-state index contributed by atoms with van der Waals surface area (Å²) in [4.78, 5) is 0. The molecule has 0 unspecified atom stereocenters. The molecule has 0 radical (unpaired) electrons. The SMILES string of the molecule is c1ccc(-c2c3ccccc3c(-c3ccc(-c4ccc5oc6cc7c(ccc8c9ccccc9oc78)cc6c5c4)cc3)c3ccccc23)cc1. The van der Waals surface area contributed by atoms with Crippen LogP contribution in [0.4, 0.5) is 0 Å². The van der Waals surface area contributed by atoms with E-state index in [1.165, 1.54) is 49.4 Å². The summed E-state index contributed by atoms with van der Waals surface area (Å²) >= 11 is 0. The van der Waals surface area contributed by atoms with Crippen molar-refractivity contribution in [3.05, 3.63) is 170 Å². The molecular formula is C48H28O2. The summed E-state index contributed by atoms with van der Waals surface area (Å²) in [5.41, 5.74) is 10.9. The fourth-order valence-electron chi connectivity index (χ4n) is 8.14. The molecule has 11 rings (SSSR count). The lowest BCUT2D eigenvalue weighted by Gasteiger charge is -2.18. The van der Waals surface area contributed by atoms with Crippen LogP contribution in [-0.2, 0) is 0 Å². The Kier molecular flexibility index (Phi) is 5.70. The summed E-state index contributed by atoms with van der Waals surface area (Å²) in [6.45, 7) is 0. The Balaban J connectivity index is 1.04. The van der Waals surface area contributed by atoms with Crippen LogP contribution in [-0.4, -0.2) is 0 Å². The van der Waals surface area contributed by atoms with Gasteiger partial charge in [0.2, 0.25) is 0 Å². The fourth-order valence-corrected chi connectivity index (χ4v) is 8.14. The van der Waals surface area contributed by atoms with E-state index in [0.717, 1.165) is 60.2 Å². The minimum atomic E-state index is 0.866. The van der Waals surface area contributed by atoms with Gasteiger partial charge in [-0.25, -0.2) is 0 Å². The molecule has 2 nitrogen and oxygen atoms in total. The molecule has 0 saturated carbocycles. The number of rotatable bonds is 3. The third-order valence-corrected chi connectivity index (χ3v) is 10.5. The van der Waals surface area contributed by atoms with Gasteiger partial charge in [0, 0.05) is 26.9 Å². The van der Waals surface area contributed by atoms with Gasteiger partial charge in [0.1, 0.15) is 22.3 Å². The van der Waals surface area contributed by atoms with Crippen LogP contribution in [0.3, 0.4) is 0 Å². The van der Waals surface area contributed by atoms with Crippen LogP contribution in [0.1, 0.15) is 0 Å². The highest BCUT2D eigenvalue weighted by Crippen LogP contribution is 2.44. The number of fused-ring (bicyclic) bond motifs is 10. The molecule has 2 aromatic heterocycles. The van der Waals surface area contributed by atoms with Gasteiger partial charge in [0.05, 0.1) is 0 Å². The summed E-state index contributed by atoms with van der Waals surface area (Å²) in [6, 6.07) is 60.9. The van der Waals surface area contributed by atoms with Crippen molar-refractivity contribution in [1.29, 1.82) is 0 Å². The van der Waals surface area contributed by atoms with Crippen LogP contribution >= 0.6 is 0 Å². The molecule has 0 amide bonds. The van der Waals surface area contributed by atoms with Gasteiger partial charge >= 0.3 is 0 Å². The molecule has 0 saturated heterocycles. The van der Waals surface area contributed by atoms with E-state index in [1.807, 2.05) is 12.1 Å². The highest BCUT2D eigenvalue weighted by atomic mass is 16.3. The molecule has 9 aromatic carbocycles. The lowest BCUT2D eigenvalue weighted by molar-refractivity contribution is 0.667. The Morgan fingerprint density at radius 2 is 0.800 bits per heavy atom. The van der Waals surface area contributed by atoms with Crippen LogP contribution in [0.15, 0.2) is 179 Å². The van der Waals surface area contributed by atoms with Gasteiger partial charge in [0.25, 0.3) is 0 Å². The van der Waals surface area contributed by atoms with Gasteiger partial charge < -0.3 is 8.83 Å². The molecule has 232 valence electrons. The van der Waals surface area contributed by atoms with Crippen molar-refractivity contribution in [2.45, 2.75) is 0 Å². The maximum Gasteiger partial charge on any atom is 0.143 e. The minimum Gasteiger partial charge on any atom is -0.456 e. The van der Waals surface area contributed by atoms with E-state index in [-0.39, 0.29) is 0 Å². The first-order chi connectivity index (χ1) is 24.8. The lowest BCUT2D eigenvalue weighted by Crippen LogP contribution is -1.90. The number of benzene rings is 9. The summed E-state index contributed by atoms with van der Waals surface area (Å²) in [6.07, 6.45) is 0. The topological polar surface area (TPSA) is 26.3 Å². The number of para-hydroxylation sites is 1. The highest BCUT2D eigenvalue weighted by Gasteiger charge is 2.17. The predicted octanol–water partition coefficient (Wildman–Crippen LogP) is 13.9. The largest absolute Gasteiger partial charge is 0.456 e. The molecule has 11 aromatic rings. The zero-order chi connectivity index (χ0) is 32.8. The first-order valence-electron chi connectivity index (χ1n) is 17.1. The Labute approximate surface area is 287 Å². The van der Waals surface area contributed by atoms with E-state index in [1.54, 1.807) is 0 Å². The fraction of sp³-hybridized carbons (Fsp3) is 0. The lowest BCUT2D eigenvalue weighted by atomic mass is 9.86. The van der Waals surface area contributed by atoms with Crippen molar-refractivity contribution in [1.82, 2.24) is 0 Å². The Morgan fingerprint density at radius 3 is 1.50 bits per heavy atom. The molecule has 0 fully saturated rings. The molecule has 0 spiro atoms. The quantitative estimate of drug-likeness (QED) is 0.180. The normalized spacial score (nSPS) is 12.0. The zero-order valence-corrected chi connectivity index (χ0v) is 27.0. The Bertz CT molecular complexity index is 3070. The second-order valence-electron chi connectivity index (χ2n) is 13.2. The molecule has 2 heteroatoms. The molecule has 0 aliphatic rings. The molecule has 2 heterocycles. The van der Waals surface area contributed by atoms with E-state index >= 15 is 0 Å². The van der Waals surface area contributed by atoms with Crippen molar-refractivity contribution in [2.75, 3.05) is 0 Å². The van der Waals surface area contributed by atoms with E-state index in [2.05, 4.69) is 158 Å². The van der Waals surface area contributed by atoms with Crippen molar-refractivity contribution in [3.63, 3.8) is 0 Å². The third kappa shape index (κ3) is 3.96. The van der Waals surface area contributed by atoms with Gasteiger partial charge in [-0.05, 0) is 96.7 Å². The van der Waals surface area contributed by atoms with Crippen LogP contribution < -0.4 is 0 Å². The first kappa shape index (κ1) is 27.3. The first-order valence-corrected chi connectivity index (χ1v) is 17.1. The van der Waals surface area contributed by atoms with Crippen molar-refractivity contribution in [2.24, 2.45) is 0 Å². The van der Waals surface area contributed by atoms with Crippen LogP contribution in [0.2, 0.25) is 0 Å². The monoisotopic (exact) mass is 636 g/mol. The Morgan fingerprint density at radius 1 is 0.260 bits per heavy atom. The molecule has 0 atom stereocenters. The molecule has 0 aliphatic heterocycles. The molecule has 0 aliphatic carbocycles. The third-order valence-electron chi connectivity index (χ3n) is 10.5. The summed E-state index contributed by atoms with van der Waals surface area (Å²) < 4.78 is 12.8.